The van der Waals surface area contributed by atoms with E-state index in [1.165, 1.54) is 19.2 Å². The molecule has 0 N–H and O–H groups in total. The monoisotopic (exact) mass is 277 g/mol. The number of nitriles is 1. The standard InChI is InChI=1S/C13H9F2N3O2/c1-19-13-10(15)6-17-12(18-13)7-20-11-3-2-9(14)4-8(11)5-16/h2-4,6H,7H2,1H3. The zero-order valence-corrected chi connectivity index (χ0v) is 10.4. The zero-order chi connectivity index (χ0) is 14.5. The molecule has 0 saturated carbocycles. The van der Waals surface area contributed by atoms with Crippen molar-refractivity contribution in [2.24, 2.45) is 0 Å². The Kier molecular flexibility index (Phi) is 4.05. The maximum atomic E-state index is 13.1. The van der Waals surface area contributed by atoms with Crippen LogP contribution < -0.4 is 9.47 Å². The smallest absolute Gasteiger partial charge is 0.253 e. The fourth-order valence-corrected chi connectivity index (χ4v) is 1.46. The van der Waals surface area contributed by atoms with Gasteiger partial charge in [0.25, 0.3) is 5.88 Å². The highest BCUT2D eigenvalue weighted by Crippen LogP contribution is 2.20. The summed E-state index contributed by atoms with van der Waals surface area (Å²) in [7, 11) is 1.28. The summed E-state index contributed by atoms with van der Waals surface area (Å²) in [6, 6.07) is 5.37. The second-order valence-corrected chi connectivity index (χ2v) is 3.68. The van der Waals surface area contributed by atoms with Crippen molar-refractivity contribution < 1.29 is 18.3 Å². The molecule has 2 aromatic rings. The Labute approximate surface area is 113 Å². The predicted octanol–water partition coefficient (Wildman–Crippen LogP) is 2.21. The van der Waals surface area contributed by atoms with Crippen LogP contribution in [0.15, 0.2) is 24.4 Å². The lowest BCUT2D eigenvalue weighted by atomic mass is 10.2. The van der Waals surface area contributed by atoms with Gasteiger partial charge in [0, 0.05) is 0 Å². The Morgan fingerprint density at radius 1 is 1.35 bits per heavy atom. The molecule has 1 aromatic carbocycles. The van der Waals surface area contributed by atoms with Gasteiger partial charge in [0.15, 0.2) is 5.82 Å². The van der Waals surface area contributed by atoms with Crippen molar-refractivity contribution >= 4 is 0 Å². The topological polar surface area (TPSA) is 68.0 Å². The predicted molar refractivity (Wildman–Crippen MR) is 64.0 cm³/mol. The first kappa shape index (κ1) is 13.7. The molecule has 1 heterocycles. The van der Waals surface area contributed by atoms with Crippen LogP contribution in [0.25, 0.3) is 0 Å². The summed E-state index contributed by atoms with van der Waals surface area (Å²) in [6.07, 6.45) is 0.959. The van der Waals surface area contributed by atoms with Gasteiger partial charge in [-0.3, -0.25) is 0 Å². The van der Waals surface area contributed by atoms with Crippen molar-refractivity contribution in [3.63, 3.8) is 0 Å². The zero-order valence-electron chi connectivity index (χ0n) is 10.4. The third-order valence-electron chi connectivity index (χ3n) is 2.37. The summed E-state index contributed by atoms with van der Waals surface area (Å²) in [4.78, 5) is 7.52. The fourth-order valence-electron chi connectivity index (χ4n) is 1.46. The van der Waals surface area contributed by atoms with E-state index in [2.05, 4.69) is 9.97 Å². The average molecular weight is 277 g/mol. The van der Waals surface area contributed by atoms with Crippen molar-refractivity contribution in [2.45, 2.75) is 6.61 Å². The first-order valence-electron chi connectivity index (χ1n) is 5.52. The van der Waals surface area contributed by atoms with E-state index in [4.69, 9.17) is 14.7 Å². The minimum Gasteiger partial charge on any atom is -0.484 e. The minimum absolute atomic E-state index is 0.0547. The van der Waals surface area contributed by atoms with Crippen molar-refractivity contribution in [2.75, 3.05) is 7.11 Å². The lowest BCUT2D eigenvalue weighted by Crippen LogP contribution is -2.05. The van der Waals surface area contributed by atoms with Gasteiger partial charge in [-0.2, -0.15) is 14.6 Å². The highest BCUT2D eigenvalue weighted by molar-refractivity contribution is 5.43. The molecule has 0 aliphatic heterocycles. The van der Waals surface area contributed by atoms with E-state index in [1.54, 1.807) is 0 Å². The van der Waals surface area contributed by atoms with Crippen LogP contribution in [0.1, 0.15) is 11.4 Å². The van der Waals surface area contributed by atoms with Crippen LogP contribution in [0, 0.1) is 23.0 Å². The van der Waals surface area contributed by atoms with Crippen LogP contribution in [0.5, 0.6) is 11.6 Å². The Morgan fingerprint density at radius 2 is 2.15 bits per heavy atom. The molecule has 5 nitrogen and oxygen atoms in total. The van der Waals surface area contributed by atoms with Crippen molar-refractivity contribution in [1.82, 2.24) is 9.97 Å². The molecule has 2 rings (SSSR count). The van der Waals surface area contributed by atoms with Crippen LogP contribution in [0.3, 0.4) is 0 Å². The van der Waals surface area contributed by atoms with E-state index in [0.717, 1.165) is 12.3 Å². The minimum atomic E-state index is -0.684. The van der Waals surface area contributed by atoms with Gasteiger partial charge in [-0.05, 0) is 18.2 Å². The van der Waals surface area contributed by atoms with Crippen LogP contribution in [-0.2, 0) is 6.61 Å². The molecular formula is C13H9F2N3O2. The SMILES string of the molecule is COc1nc(COc2ccc(F)cc2C#N)ncc1F. The largest absolute Gasteiger partial charge is 0.484 e. The molecule has 0 aliphatic carbocycles. The summed E-state index contributed by atoms with van der Waals surface area (Å²) in [5.41, 5.74) is 0.0547. The van der Waals surface area contributed by atoms with E-state index in [0.29, 0.717) is 0 Å². The number of benzene rings is 1. The van der Waals surface area contributed by atoms with Gasteiger partial charge in [0.2, 0.25) is 5.82 Å². The van der Waals surface area contributed by atoms with Crippen LogP contribution in [-0.4, -0.2) is 17.1 Å². The Balaban J connectivity index is 2.15. The van der Waals surface area contributed by atoms with Gasteiger partial charge in [-0.15, -0.1) is 0 Å². The normalized spacial score (nSPS) is 9.90. The molecule has 0 atom stereocenters. The molecule has 0 radical (unpaired) electrons. The van der Waals surface area contributed by atoms with Crippen LogP contribution >= 0.6 is 0 Å². The van der Waals surface area contributed by atoms with Gasteiger partial charge in [-0.1, -0.05) is 0 Å². The molecule has 1 aromatic heterocycles. The molecule has 0 fully saturated rings. The molecule has 0 spiro atoms. The molecule has 102 valence electrons. The number of rotatable bonds is 4. The summed E-state index contributed by atoms with van der Waals surface area (Å²) in [6.45, 7) is -0.100. The van der Waals surface area contributed by atoms with Gasteiger partial charge in [-0.25, -0.2) is 9.37 Å². The summed E-state index contributed by atoms with van der Waals surface area (Å²) >= 11 is 0. The van der Waals surface area contributed by atoms with Crippen molar-refractivity contribution in [3.8, 4) is 17.7 Å². The first-order valence-corrected chi connectivity index (χ1v) is 5.52. The highest BCUT2D eigenvalue weighted by atomic mass is 19.1. The van der Waals surface area contributed by atoms with Gasteiger partial charge >= 0.3 is 0 Å². The maximum absolute atomic E-state index is 13.1. The van der Waals surface area contributed by atoms with E-state index >= 15 is 0 Å². The average Bonchev–Trinajstić information content (AvgIpc) is 2.47. The lowest BCUT2D eigenvalue weighted by Gasteiger charge is -2.08. The van der Waals surface area contributed by atoms with Crippen LogP contribution in [0.4, 0.5) is 8.78 Å². The second-order valence-electron chi connectivity index (χ2n) is 3.68. The number of nitrogens with zero attached hydrogens (tertiary/aromatic N) is 3. The lowest BCUT2D eigenvalue weighted by molar-refractivity contribution is 0.288. The first-order chi connectivity index (χ1) is 9.63. The molecule has 0 unspecified atom stereocenters. The van der Waals surface area contributed by atoms with E-state index < -0.39 is 11.6 Å². The number of methoxy groups -OCH3 is 1. The summed E-state index contributed by atoms with van der Waals surface area (Å²) in [5.74, 6) is -1.04. The highest BCUT2D eigenvalue weighted by Gasteiger charge is 2.09. The van der Waals surface area contributed by atoms with Crippen molar-refractivity contribution in [3.05, 3.63) is 47.4 Å². The number of halogens is 2. The fraction of sp³-hybridized carbons (Fsp3) is 0.154. The van der Waals surface area contributed by atoms with E-state index in [1.807, 2.05) is 6.07 Å². The van der Waals surface area contributed by atoms with Gasteiger partial charge in [0.1, 0.15) is 24.2 Å². The summed E-state index contributed by atoms with van der Waals surface area (Å²) < 4.78 is 36.1. The molecule has 20 heavy (non-hydrogen) atoms. The quantitative estimate of drug-likeness (QED) is 0.857. The molecular weight excluding hydrogens is 268 g/mol. The second kappa shape index (κ2) is 5.93. The van der Waals surface area contributed by atoms with Crippen molar-refractivity contribution in [1.29, 1.82) is 5.26 Å². The van der Waals surface area contributed by atoms with Crippen LogP contribution in [0.2, 0.25) is 0 Å². The number of aromatic nitrogens is 2. The Morgan fingerprint density at radius 3 is 2.85 bits per heavy atom. The number of hydrogen-bond acceptors (Lipinski definition) is 5. The Hall–Kier alpha value is -2.75. The third kappa shape index (κ3) is 2.98. The molecule has 0 saturated heterocycles. The maximum Gasteiger partial charge on any atom is 0.253 e. The molecule has 0 aliphatic rings. The molecule has 0 amide bonds. The summed E-state index contributed by atoms with van der Waals surface area (Å²) in [5, 5.41) is 8.86. The van der Waals surface area contributed by atoms with Gasteiger partial charge < -0.3 is 9.47 Å². The molecule has 7 heteroatoms. The number of ether oxygens (including phenoxy) is 2. The van der Waals surface area contributed by atoms with Gasteiger partial charge in [0.05, 0.1) is 18.9 Å². The Bertz CT molecular complexity index is 671. The van der Waals surface area contributed by atoms with E-state index in [-0.39, 0.29) is 29.6 Å². The number of hydrogen-bond donors (Lipinski definition) is 0. The molecule has 0 bridgehead atoms. The van der Waals surface area contributed by atoms with E-state index in [9.17, 15) is 8.78 Å². The third-order valence-corrected chi connectivity index (χ3v) is 2.37.